The summed E-state index contributed by atoms with van der Waals surface area (Å²) in [5, 5.41) is 1.04. The summed E-state index contributed by atoms with van der Waals surface area (Å²) < 4.78 is 34.2. The second kappa shape index (κ2) is 9.97. The van der Waals surface area contributed by atoms with Gasteiger partial charge in [-0.1, -0.05) is 61.9 Å². The topological polar surface area (TPSA) is 88.7 Å². The summed E-state index contributed by atoms with van der Waals surface area (Å²) in [6, 6.07) is 17.3. The third-order valence-corrected chi connectivity index (χ3v) is 7.00. The quantitative estimate of drug-likeness (QED) is 0.498. The molecule has 1 aliphatic rings. The van der Waals surface area contributed by atoms with Gasteiger partial charge < -0.3 is 14.6 Å². The minimum Gasteiger partial charge on any atom is -0.445 e. The van der Waals surface area contributed by atoms with E-state index in [-0.39, 0.29) is 37.2 Å². The van der Waals surface area contributed by atoms with Crippen LogP contribution in [0.25, 0.3) is 10.9 Å². The fourth-order valence-electron chi connectivity index (χ4n) is 4.68. The SMILES string of the molecule is CC[C@@H]1CN(C(=O)OCc2ccccc2)[C@H](c2c[nH]c3ccccc23)C[C@@H]1COS(C)(=O)=O. The molecule has 1 N–H and O–H groups in total. The summed E-state index contributed by atoms with van der Waals surface area (Å²) in [6.07, 6.45) is 4.04. The highest BCUT2D eigenvalue weighted by Gasteiger charge is 2.40. The van der Waals surface area contributed by atoms with Crippen LogP contribution in [0, 0.1) is 11.8 Å². The number of piperidine rings is 1. The number of hydrogen-bond donors (Lipinski definition) is 1. The molecule has 33 heavy (non-hydrogen) atoms. The standard InChI is InChI=1S/C25H30N2O5S/c1-3-19-15-27(25(28)31-16-18-9-5-4-6-10-18)24(13-20(19)17-32-33(2,29)30)22-14-26-23-12-8-7-11-21(22)23/h4-12,14,19-20,24,26H,3,13,15-17H2,1-2H3/t19-,20-,24+/m1/s1. The molecule has 0 radical (unpaired) electrons. The van der Waals surface area contributed by atoms with Gasteiger partial charge in [-0.25, -0.2) is 4.79 Å². The van der Waals surface area contributed by atoms with Crippen molar-refractivity contribution in [3.05, 3.63) is 71.9 Å². The van der Waals surface area contributed by atoms with E-state index in [2.05, 4.69) is 11.9 Å². The van der Waals surface area contributed by atoms with Crippen LogP contribution in [0.15, 0.2) is 60.8 Å². The lowest BCUT2D eigenvalue weighted by Gasteiger charge is -2.43. The number of aromatic nitrogens is 1. The van der Waals surface area contributed by atoms with Gasteiger partial charge in [-0.3, -0.25) is 4.18 Å². The minimum atomic E-state index is -3.54. The van der Waals surface area contributed by atoms with Gasteiger partial charge in [0.25, 0.3) is 10.1 Å². The van der Waals surface area contributed by atoms with E-state index in [9.17, 15) is 13.2 Å². The lowest BCUT2D eigenvalue weighted by Crippen LogP contribution is -2.47. The second-order valence-electron chi connectivity index (χ2n) is 8.65. The lowest BCUT2D eigenvalue weighted by atomic mass is 9.79. The predicted octanol–water partition coefficient (Wildman–Crippen LogP) is 4.87. The van der Waals surface area contributed by atoms with Gasteiger partial charge in [0, 0.05) is 29.2 Å². The van der Waals surface area contributed by atoms with Crippen LogP contribution in [0.2, 0.25) is 0 Å². The number of H-pyrrole nitrogens is 1. The van der Waals surface area contributed by atoms with E-state index in [0.29, 0.717) is 13.0 Å². The van der Waals surface area contributed by atoms with Crippen molar-refractivity contribution in [3.63, 3.8) is 0 Å². The maximum atomic E-state index is 13.3. The van der Waals surface area contributed by atoms with Crippen molar-refractivity contribution in [1.82, 2.24) is 9.88 Å². The zero-order valence-electron chi connectivity index (χ0n) is 18.9. The molecule has 3 aromatic rings. The van der Waals surface area contributed by atoms with Gasteiger partial charge in [-0.15, -0.1) is 0 Å². The molecule has 2 heterocycles. The normalized spacial score (nSPS) is 21.3. The Kier molecular flexibility index (Phi) is 7.05. The Labute approximate surface area is 194 Å². The van der Waals surface area contributed by atoms with Crippen LogP contribution in [0.4, 0.5) is 4.79 Å². The fourth-order valence-corrected chi connectivity index (χ4v) is 5.10. The van der Waals surface area contributed by atoms with E-state index in [1.165, 1.54) is 0 Å². The first-order valence-electron chi connectivity index (χ1n) is 11.2. The van der Waals surface area contributed by atoms with Crippen molar-refractivity contribution < 1.29 is 22.1 Å². The zero-order valence-corrected chi connectivity index (χ0v) is 19.8. The molecule has 1 aliphatic heterocycles. The van der Waals surface area contributed by atoms with E-state index < -0.39 is 10.1 Å². The van der Waals surface area contributed by atoms with E-state index in [1.807, 2.05) is 60.8 Å². The van der Waals surface area contributed by atoms with Crippen molar-refractivity contribution >= 4 is 27.1 Å². The highest BCUT2D eigenvalue weighted by atomic mass is 32.2. The largest absolute Gasteiger partial charge is 0.445 e. The first kappa shape index (κ1) is 23.3. The number of likely N-dealkylation sites (tertiary alicyclic amines) is 1. The third kappa shape index (κ3) is 5.57. The maximum Gasteiger partial charge on any atom is 0.410 e. The first-order chi connectivity index (χ1) is 15.9. The van der Waals surface area contributed by atoms with Crippen LogP contribution < -0.4 is 0 Å². The second-order valence-corrected chi connectivity index (χ2v) is 10.3. The molecule has 2 aromatic carbocycles. The van der Waals surface area contributed by atoms with Gasteiger partial charge in [0.1, 0.15) is 6.61 Å². The number of nitrogens with zero attached hydrogens (tertiary/aromatic N) is 1. The number of rotatable bonds is 7. The molecule has 0 bridgehead atoms. The first-order valence-corrected chi connectivity index (χ1v) is 13.0. The average Bonchev–Trinajstić information content (AvgIpc) is 3.25. The van der Waals surface area contributed by atoms with E-state index in [1.54, 1.807) is 4.90 Å². The predicted molar refractivity (Wildman–Crippen MR) is 127 cm³/mol. The number of hydrogen-bond acceptors (Lipinski definition) is 5. The van der Waals surface area contributed by atoms with Gasteiger partial charge in [0.05, 0.1) is 18.9 Å². The molecule has 176 valence electrons. The molecule has 0 aliphatic carbocycles. The molecule has 3 atom stereocenters. The Morgan fingerprint density at radius 2 is 1.82 bits per heavy atom. The van der Waals surface area contributed by atoms with Gasteiger partial charge in [0.2, 0.25) is 0 Å². The van der Waals surface area contributed by atoms with Crippen LogP contribution in [-0.2, 0) is 25.6 Å². The number of benzene rings is 2. The molecule has 1 amide bonds. The van der Waals surface area contributed by atoms with Crippen molar-refractivity contribution in [2.45, 2.75) is 32.4 Å². The average molecular weight is 471 g/mol. The third-order valence-electron chi connectivity index (χ3n) is 6.44. The Morgan fingerprint density at radius 3 is 2.55 bits per heavy atom. The minimum absolute atomic E-state index is 0.00144. The number of amides is 1. The molecule has 0 saturated carbocycles. The molecule has 1 aromatic heterocycles. The summed E-state index contributed by atoms with van der Waals surface area (Å²) in [7, 11) is -3.54. The Hall–Kier alpha value is -2.84. The molecular formula is C25H30N2O5S. The molecular weight excluding hydrogens is 440 g/mol. The summed E-state index contributed by atoms with van der Waals surface area (Å²) in [5.41, 5.74) is 2.92. The Morgan fingerprint density at radius 1 is 1.09 bits per heavy atom. The number of para-hydroxylation sites is 1. The van der Waals surface area contributed by atoms with Crippen LogP contribution in [0.5, 0.6) is 0 Å². The Bertz CT molecular complexity index is 1190. The molecule has 4 rings (SSSR count). The summed E-state index contributed by atoms with van der Waals surface area (Å²) in [5.74, 6) is 0.110. The number of carbonyl (C=O) groups is 1. The van der Waals surface area contributed by atoms with Gasteiger partial charge >= 0.3 is 6.09 Å². The smallest absolute Gasteiger partial charge is 0.410 e. The molecule has 0 unspecified atom stereocenters. The van der Waals surface area contributed by atoms with Gasteiger partial charge in [-0.05, 0) is 29.9 Å². The number of ether oxygens (including phenoxy) is 1. The van der Waals surface area contributed by atoms with Crippen LogP contribution in [0.1, 0.15) is 36.9 Å². The Balaban J connectivity index is 1.61. The van der Waals surface area contributed by atoms with Crippen LogP contribution >= 0.6 is 0 Å². The number of aromatic amines is 1. The van der Waals surface area contributed by atoms with Crippen molar-refractivity contribution in [2.75, 3.05) is 19.4 Å². The summed E-state index contributed by atoms with van der Waals surface area (Å²) in [6.45, 7) is 2.85. The van der Waals surface area contributed by atoms with Gasteiger partial charge in [-0.2, -0.15) is 8.42 Å². The summed E-state index contributed by atoms with van der Waals surface area (Å²) in [4.78, 5) is 18.4. The van der Waals surface area contributed by atoms with Crippen molar-refractivity contribution in [2.24, 2.45) is 11.8 Å². The van der Waals surface area contributed by atoms with Gasteiger partial charge in [0.15, 0.2) is 0 Å². The highest BCUT2D eigenvalue weighted by Crippen LogP contribution is 2.41. The maximum absolute atomic E-state index is 13.3. The highest BCUT2D eigenvalue weighted by molar-refractivity contribution is 7.85. The number of carbonyl (C=O) groups excluding carboxylic acids is 1. The van der Waals surface area contributed by atoms with Crippen molar-refractivity contribution in [1.29, 1.82) is 0 Å². The number of nitrogens with one attached hydrogen (secondary N) is 1. The molecule has 1 saturated heterocycles. The lowest BCUT2D eigenvalue weighted by molar-refractivity contribution is 0.0217. The molecule has 7 nitrogen and oxygen atoms in total. The van der Waals surface area contributed by atoms with E-state index in [4.69, 9.17) is 8.92 Å². The fraction of sp³-hybridized carbons (Fsp3) is 0.400. The monoisotopic (exact) mass is 470 g/mol. The number of fused-ring (bicyclic) bond motifs is 1. The molecule has 1 fully saturated rings. The van der Waals surface area contributed by atoms with Crippen LogP contribution in [-0.4, -0.2) is 43.8 Å². The molecule has 0 spiro atoms. The van der Waals surface area contributed by atoms with E-state index in [0.717, 1.165) is 34.7 Å². The zero-order chi connectivity index (χ0) is 23.4. The van der Waals surface area contributed by atoms with E-state index >= 15 is 0 Å². The van der Waals surface area contributed by atoms with Crippen LogP contribution in [0.3, 0.4) is 0 Å². The van der Waals surface area contributed by atoms with Crippen molar-refractivity contribution in [3.8, 4) is 0 Å². The molecule has 8 heteroatoms. The summed E-state index contributed by atoms with van der Waals surface area (Å²) >= 11 is 0.